The average molecular weight is 494 g/mol. The van der Waals surface area contributed by atoms with E-state index in [0.717, 1.165) is 11.1 Å². The van der Waals surface area contributed by atoms with E-state index in [1.807, 2.05) is 103 Å². The molecule has 0 aliphatic carbocycles. The quantitative estimate of drug-likeness (QED) is 0.324. The maximum absolute atomic E-state index is 14.1. The molecular weight excluding hydrogens is 470 g/mol. The van der Waals surface area contributed by atoms with Crippen LogP contribution in [-0.4, -0.2) is 26.3 Å². The van der Waals surface area contributed by atoms with Crippen molar-refractivity contribution in [2.24, 2.45) is 0 Å². The van der Waals surface area contributed by atoms with E-state index >= 15 is 0 Å². The van der Waals surface area contributed by atoms with E-state index < -0.39 is 17.1 Å². The summed E-state index contributed by atoms with van der Waals surface area (Å²) >= 11 is -1.69. The van der Waals surface area contributed by atoms with E-state index in [2.05, 4.69) is 10.3 Å². The lowest BCUT2D eigenvalue weighted by atomic mass is 9.99. The van der Waals surface area contributed by atoms with Crippen LogP contribution >= 0.6 is 0 Å². The monoisotopic (exact) mass is 493 g/mol. The zero-order valence-corrected chi connectivity index (χ0v) is 20.3. The molecule has 6 nitrogen and oxygen atoms in total. The molecule has 0 spiro atoms. The molecule has 5 rings (SSSR count). The minimum absolute atomic E-state index is 0.172. The summed E-state index contributed by atoms with van der Waals surface area (Å²) in [6.07, 6.45) is 3.12. The second-order valence-electron chi connectivity index (χ2n) is 8.10. The van der Waals surface area contributed by atoms with Crippen LogP contribution in [0.25, 0.3) is 22.2 Å². The zero-order chi connectivity index (χ0) is 24.9. The normalized spacial score (nSPS) is 12.6. The minimum atomic E-state index is -1.69. The van der Waals surface area contributed by atoms with Gasteiger partial charge in [-0.2, -0.15) is 0 Å². The van der Waals surface area contributed by atoms with Crippen molar-refractivity contribution < 1.29 is 13.2 Å². The van der Waals surface area contributed by atoms with Crippen LogP contribution in [0.4, 0.5) is 0 Å². The summed E-state index contributed by atoms with van der Waals surface area (Å²) in [4.78, 5) is 23.3. The molecule has 2 aromatic heterocycles. The van der Waals surface area contributed by atoms with Crippen molar-refractivity contribution in [2.75, 3.05) is 6.26 Å². The Kier molecular flexibility index (Phi) is 6.82. The molecule has 7 heteroatoms. The summed E-state index contributed by atoms with van der Waals surface area (Å²) in [5.41, 5.74) is 3.68. The molecule has 0 aliphatic rings. The van der Waals surface area contributed by atoms with Gasteiger partial charge in [-0.05, 0) is 23.8 Å². The van der Waals surface area contributed by atoms with Gasteiger partial charge in [0.15, 0.2) is 5.75 Å². The number of amides is 1. The van der Waals surface area contributed by atoms with Gasteiger partial charge in [-0.15, -0.1) is 0 Å². The van der Waals surface area contributed by atoms with Gasteiger partial charge in [-0.25, -0.2) is 9.19 Å². The highest BCUT2D eigenvalue weighted by atomic mass is 32.2. The third-order valence-corrected chi connectivity index (χ3v) is 6.12. The van der Waals surface area contributed by atoms with Crippen molar-refractivity contribution in [3.63, 3.8) is 0 Å². The molecule has 0 bridgehead atoms. The second-order valence-corrected chi connectivity index (χ2v) is 9.07. The number of aromatic nitrogens is 2. The Morgan fingerprint density at radius 3 is 2.22 bits per heavy atom. The average Bonchev–Trinajstić information content (AvgIpc) is 2.92. The minimum Gasteiger partial charge on any atom is -0.397 e. The summed E-state index contributed by atoms with van der Waals surface area (Å²) < 4.78 is 18.1. The van der Waals surface area contributed by atoms with Crippen LogP contribution in [0.5, 0.6) is 5.75 Å². The van der Waals surface area contributed by atoms with Gasteiger partial charge in [0.05, 0.1) is 22.8 Å². The van der Waals surface area contributed by atoms with Crippen molar-refractivity contribution in [1.82, 2.24) is 15.3 Å². The van der Waals surface area contributed by atoms with Gasteiger partial charge in [0.2, 0.25) is 11.1 Å². The maximum atomic E-state index is 14.1. The SMILES string of the molecule is CS(=O)Oc1c(-c2ccccc2)nc2ccccc2c1C(=O)NC(c1ccccc1)c1ccccn1. The molecule has 0 aliphatic heterocycles. The second kappa shape index (κ2) is 10.5. The Morgan fingerprint density at radius 1 is 0.861 bits per heavy atom. The fourth-order valence-electron chi connectivity index (χ4n) is 4.13. The highest BCUT2D eigenvalue weighted by Gasteiger charge is 2.27. The molecular formula is C29H23N3O3S. The van der Waals surface area contributed by atoms with Crippen LogP contribution in [0.1, 0.15) is 27.7 Å². The van der Waals surface area contributed by atoms with Crippen molar-refractivity contribution >= 4 is 27.9 Å². The molecule has 178 valence electrons. The molecule has 1 amide bonds. The number of rotatable bonds is 7. The number of pyridine rings is 2. The van der Waals surface area contributed by atoms with E-state index in [9.17, 15) is 9.00 Å². The van der Waals surface area contributed by atoms with Gasteiger partial charge in [0.1, 0.15) is 5.69 Å². The van der Waals surface area contributed by atoms with Gasteiger partial charge in [-0.3, -0.25) is 9.78 Å². The Balaban J connectivity index is 1.70. The van der Waals surface area contributed by atoms with Gasteiger partial charge in [0, 0.05) is 23.4 Å². The Bertz CT molecular complexity index is 1490. The van der Waals surface area contributed by atoms with Crippen molar-refractivity contribution in [3.8, 4) is 17.0 Å². The van der Waals surface area contributed by atoms with Crippen LogP contribution in [0.3, 0.4) is 0 Å². The van der Waals surface area contributed by atoms with Gasteiger partial charge < -0.3 is 9.50 Å². The molecule has 0 saturated carbocycles. The fraction of sp³-hybridized carbons (Fsp3) is 0.0690. The van der Waals surface area contributed by atoms with E-state index in [0.29, 0.717) is 22.3 Å². The Labute approximate surface area is 211 Å². The molecule has 0 saturated heterocycles. The van der Waals surface area contributed by atoms with Crippen molar-refractivity contribution in [1.29, 1.82) is 0 Å². The molecule has 0 radical (unpaired) electrons. The Hall–Kier alpha value is -4.36. The lowest BCUT2D eigenvalue weighted by Gasteiger charge is -2.21. The van der Waals surface area contributed by atoms with E-state index in [-0.39, 0.29) is 17.2 Å². The highest BCUT2D eigenvalue weighted by molar-refractivity contribution is 7.79. The molecule has 5 aromatic rings. The first kappa shape index (κ1) is 23.4. The van der Waals surface area contributed by atoms with Gasteiger partial charge in [-0.1, -0.05) is 84.9 Å². The maximum Gasteiger partial charge on any atom is 0.256 e. The molecule has 1 N–H and O–H groups in total. The number of nitrogens with one attached hydrogen (secondary N) is 1. The molecule has 0 fully saturated rings. The summed E-state index contributed by atoms with van der Waals surface area (Å²) in [7, 11) is 0. The molecule has 2 unspecified atom stereocenters. The number of fused-ring (bicyclic) bond motifs is 1. The first-order valence-corrected chi connectivity index (χ1v) is 12.9. The largest absolute Gasteiger partial charge is 0.397 e. The molecule has 36 heavy (non-hydrogen) atoms. The number of hydrogen-bond acceptors (Lipinski definition) is 5. The molecule has 2 heterocycles. The topological polar surface area (TPSA) is 81.2 Å². The predicted molar refractivity (Wildman–Crippen MR) is 142 cm³/mol. The number of para-hydroxylation sites is 1. The van der Waals surface area contributed by atoms with Gasteiger partial charge >= 0.3 is 0 Å². The number of benzene rings is 3. The standard InChI is InChI=1S/C29H23N3O3S/c1-36(34)35-28-25(22-16-8-9-17-23(22)31-27(28)21-14-6-3-7-15-21)29(33)32-26(20-12-4-2-5-13-20)24-18-10-11-19-30-24/h2-19,26H,1H3,(H,32,33). The summed E-state index contributed by atoms with van der Waals surface area (Å²) in [5, 5.41) is 3.74. The Morgan fingerprint density at radius 2 is 1.53 bits per heavy atom. The van der Waals surface area contributed by atoms with Crippen LogP contribution < -0.4 is 9.50 Å². The summed E-state index contributed by atoms with van der Waals surface area (Å²) in [5.74, 6) is -0.211. The zero-order valence-electron chi connectivity index (χ0n) is 19.5. The number of hydrogen-bond donors (Lipinski definition) is 1. The van der Waals surface area contributed by atoms with Crippen LogP contribution in [0.2, 0.25) is 0 Å². The first-order chi connectivity index (χ1) is 17.6. The summed E-state index contributed by atoms with van der Waals surface area (Å²) in [6, 6.07) is 31.5. The molecule has 2 atom stereocenters. The van der Waals surface area contributed by atoms with Crippen LogP contribution in [-0.2, 0) is 11.1 Å². The van der Waals surface area contributed by atoms with Crippen molar-refractivity contribution in [3.05, 3.63) is 126 Å². The first-order valence-electron chi connectivity index (χ1n) is 11.4. The van der Waals surface area contributed by atoms with Crippen molar-refractivity contribution in [2.45, 2.75) is 6.04 Å². The van der Waals surface area contributed by atoms with E-state index in [4.69, 9.17) is 9.17 Å². The van der Waals surface area contributed by atoms with E-state index in [1.54, 1.807) is 6.20 Å². The fourth-order valence-corrected chi connectivity index (χ4v) is 4.53. The van der Waals surface area contributed by atoms with E-state index in [1.165, 1.54) is 6.26 Å². The predicted octanol–water partition coefficient (Wildman–Crippen LogP) is 5.49. The van der Waals surface area contributed by atoms with Crippen LogP contribution in [0.15, 0.2) is 109 Å². The smallest absolute Gasteiger partial charge is 0.256 e. The number of carbonyl (C=O) groups is 1. The lowest BCUT2D eigenvalue weighted by molar-refractivity contribution is 0.0942. The summed E-state index contributed by atoms with van der Waals surface area (Å²) in [6.45, 7) is 0. The number of carbonyl (C=O) groups excluding carboxylic acids is 1. The molecule has 3 aromatic carbocycles. The lowest BCUT2D eigenvalue weighted by Crippen LogP contribution is -2.30. The third kappa shape index (κ3) is 4.87. The van der Waals surface area contributed by atoms with Gasteiger partial charge in [0.25, 0.3) is 5.91 Å². The highest BCUT2D eigenvalue weighted by Crippen LogP contribution is 2.37. The van der Waals surface area contributed by atoms with Crippen LogP contribution in [0, 0.1) is 0 Å². The number of nitrogens with zero attached hydrogens (tertiary/aromatic N) is 2. The third-order valence-electron chi connectivity index (χ3n) is 5.71.